The Labute approximate surface area is 96.2 Å². The summed E-state index contributed by atoms with van der Waals surface area (Å²) in [5.41, 5.74) is -0.556. The summed E-state index contributed by atoms with van der Waals surface area (Å²) >= 11 is 0. The number of carboxylic acids is 1. The van der Waals surface area contributed by atoms with E-state index in [1.54, 1.807) is 0 Å². The van der Waals surface area contributed by atoms with Gasteiger partial charge in [-0.25, -0.2) is 0 Å². The number of rotatable bonds is 3. The van der Waals surface area contributed by atoms with Crippen LogP contribution >= 0.6 is 0 Å². The largest absolute Gasteiger partial charge is 0.480 e. The fourth-order valence-corrected chi connectivity index (χ4v) is 3.29. The van der Waals surface area contributed by atoms with Crippen LogP contribution in [0.3, 0.4) is 0 Å². The van der Waals surface area contributed by atoms with Gasteiger partial charge >= 0.3 is 5.97 Å². The number of carbonyl (C=O) groups is 1. The third-order valence-electron chi connectivity index (χ3n) is 4.45. The molecule has 0 aromatic rings. The van der Waals surface area contributed by atoms with E-state index in [1.165, 1.54) is 25.7 Å². The topological polar surface area (TPSA) is 43.8 Å². The maximum absolute atomic E-state index is 11.6. The molecule has 2 aliphatic heterocycles. The lowest BCUT2D eigenvalue weighted by atomic mass is 9.97. The normalized spacial score (nSPS) is 37.0. The van der Waals surface area contributed by atoms with E-state index in [0.29, 0.717) is 6.04 Å². The van der Waals surface area contributed by atoms with E-state index in [0.717, 1.165) is 32.6 Å². The van der Waals surface area contributed by atoms with Gasteiger partial charge in [-0.05, 0) is 45.2 Å². The molecule has 2 saturated heterocycles. The summed E-state index contributed by atoms with van der Waals surface area (Å²) in [4.78, 5) is 16.2. The predicted octanol–water partition coefficient (Wildman–Crippen LogP) is 0.774. The molecule has 0 bridgehead atoms. The molecule has 1 N–H and O–H groups in total. The molecule has 4 heteroatoms. The molecule has 3 rings (SSSR count). The molecule has 4 nitrogen and oxygen atoms in total. The molecule has 3 fully saturated rings. The zero-order valence-corrected chi connectivity index (χ0v) is 9.69. The predicted molar refractivity (Wildman–Crippen MR) is 60.4 cm³/mol. The highest BCUT2D eigenvalue weighted by atomic mass is 16.4. The molecule has 2 heterocycles. The van der Waals surface area contributed by atoms with E-state index in [-0.39, 0.29) is 0 Å². The zero-order chi connectivity index (χ0) is 11.2. The van der Waals surface area contributed by atoms with Crippen LogP contribution in [-0.4, -0.2) is 58.6 Å². The number of hydrogen-bond donors (Lipinski definition) is 1. The molecule has 0 spiro atoms. The highest BCUT2D eigenvalue weighted by Crippen LogP contribution is 2.37. The standard InChI is InChI=1S/C12H20N2O2/c15-11(16)12(14-6-1-2-7-14)5-8-13(9-12)10-3-4-10/h10H,1-9H2,(H,15,16). The molecule has 1 aliphatic carbocycles. The van der Waals surface area contributed by atoms with E-state index < -0.39 is 11.5 Å². The number of aliphatic carboxylic acids is 1. The first-order valence-corrected chi connectivity index (χ1v) is 6.45. The van der Waals surface area contributed by atoms with Crippen molar-refractivity contribution in [2.75, 3.05) is 26.2 Å². The third kappa shape index (κ3) is 1.55. The molecular weight excluding hydrogens is 204 g/mol. The summed E-state index contributed by atoms with van der Waals surface area (Å²) in [7, 11) is 0. The third-order valence-corrected chi connectivity index (χ3v) is 4.45. The quantitative estimate of drug-likeness (QED) is 0.769. The van der Waals surface area contributed by atoms with Gasteiger partial charge in [0.1, 0.15) is 5.54 Å². The SMILES string of the molecule is O=C(O)C1(N2CCCC2)CCN(C2CC2)C1. The molecule has 0 radical (unpaired) electrons. The molecule has 3 aliphatic rings. The lowest BCUT2D eigenvalue weighted by Crippen LogP contribution is -2.55. The molecule has 90 valence electrons. The van der Waals surface area contributed by atoms with Gasteiger partial charge in [0.2, 0.25) is 0 Å². The fraction of sp³-hybridized carbons (Fsp3) is 0.917. The van der Waals surface area contributed by atoms with Crippen LogP contribution in [0.15, 0.2) is 0 Å². The van der Waals surface area contributed by atoms with E-state index in [9.17, 15) is 9.90 Å². The molecule has 1 atom stereocenters. The average molecular weight is 224 g/mol. The second-order valence-electron chi connectivity index (χ2n) is 5.48. The zero-order valence-electron chi connectivity index (χ0n) is 9.69. The van der Waals surface area contributed by atoms with Crippen LogP contribution in [0.1, 0.15) is 32.1 Å². The van der Waals surface area contributed by atoms with E-state index >= 15 is 0 Å². The van der Waals surface area contributed by atoms with Crippen molar-refractivity contribution in [3.63, 3.8) is 0 Å². The first-order valence-electron chi connectivity index (χ1n) is 6.45. The van der Waals surface area contributed by atoms with Gasteiger partial charge in [0.05, 0.1) is 0 Å². The Bertz CT molecular complexity index is 297. The lowest BCUT2D eigenvalue weighted by molar-refractivity contribution is -0.150. The Hall–Kier alpha value is -0.610. The second kappa shape index (κ2) is 3.70. The van der Waals surface area contributed by atoms with Crippen LogP contribution in [0.4, 0.5) is 0 Å². The molecule has 16 heavy (non-hydrogen) atoms. The Morgan fingerprint density at radius 3 is 2.44 bits per heavy atom. The van der Waals surface area contributed by atoms with Crippen molar-refractivity contribution < 1.29 is 9.90 Å². The van der Waals surface area contributed by atoms with Gasteiger partial charge in [-0.3, -0.25) is 14.6 Å². The summed E-state index contributed by atoms with van der Waals surface area (Å²) < 4.78 is 0. The van der Waals surface area contributed by atoms with Crippen LogP contribution in [-0.2, 0) is 4.79 Å². The molecular formula is C12H20N2O2. The number of nitrogens with zero attached hydrogens (tertiary/aromatic N) is 2. The van der Waals surface area contributed by atoms with Crippen LogP contribution in [0.2, 0.25) is 0 Å². The Kier molecular flexibility index (Phi) is 2.44. The summed E-state index contributed by atoms with van der Waals surface area (Å²) in [5, 5.41) is 9.58. The summed E-state index contributed by atoms with van der Waals surface area (Å²) in [6.45, 7) is 3.69. The van der Waals surface area contributed by atoms with Crippen molar-refractivity contribution in [3.05, 3.63) is 0 Å². The van der Waals surface area contributed by atoms with Gasteiger partial charge in [-0.2, -0.15) is 0 Å². The minimum absolute atomic E-state index is 0.556. The van der Waals surface area contributed by atoms with Crippen LogP contribution in [0, 0.1) is 0 Å². The Balaban J connectivity index is 1.77. The average Bonchev–Trinajstić information content (AvgIpc) is 2.83. The van der Waals surface area contributed by atoms with Crippen molar-refractivity contribution in [1.82, 2.24) is 9.80 Å². The first-order chi connectivity index (χ1) is 7.72. The van der Waals surface area contributed by atoms with Crippen LogP contribution < -0.4 is 0 Å². The van der Waals surface area contributed by atoms with E-state index in [1.807, 2.05) is 0 Å². The van der Waals surface area contributed by atoms with Crippen molar-refractivity contribution in [3.8, 4) is 0 Å². The van der Waals surface area contributed by atoms with Gasteiger partial charge < -0.3 is 5.11 Å². The highest BCUT2D eigenvalue weighted by Gasteiger charge is 2.52. The number of carboxylic acid groups (broad SMARTS) is 1. The molecule has 0 aromatic carbocycles. The number of hydrogen-bond acceptors (Lipinski definition) is 3. The lowest BCUT2D eigenvalue weighted by Gasteiger charge is -2.34. The van der Waals surface area contributed by atoms with Gasteiger partial charge in [-0.1, -0.05) is 0 Å². The van der Waals surface area contributed by atoms with Crippen molar-refractivity contribution >= 4 is 5.97 Å². The van der Waals surface area contributed by atoms with E-state index in [4.69, 9.17) is 0 Å². The molecule has 1 saturated carbocycles. The Morgan fingerprint density at radius 2 is 1.88 bits per heavy atom. The van der Waals surface area contributed by atoms with E-state index in [2.05, 4.69) is 9.80 Å². The van der Waals surface area contributed by atoms with Gasteiger partial charge in [0.15, 0.2) is 0 Å². The maximum Gasteiger partial charge on any atom is 0.325 e. The van der Waals surface area contributed by atoms with Gasteiger partial charge in [0.25, 0.3) is 0 Å². The molecule has 0 amide bonds. The van der Waals surface area contributed by atoms with Crippen LogP contribution in [0.5, 0.6) is 0 Å². The monoisotopic (exact) mass is 224 g/mol. The van der Waals surface area contributed by atoms with Gasteiger partial charge in [0, 0.05) is 19.1 Å². The smallest absolute Gasteiger partial charge is 0.325 e. The van der Waals surface area contributed by atoms with Crippen molar-refractivity contribution in [2.24, 2.45) is 0 Å². The fourth-order valence-electron chi connectivity index (χ4n) is 3.29. The molecule has 1 unspecified atom stereocenters. The first kappa shape index (κ1) is 10.5. The number of likely N-dealkylation sites (tertiary alicyclic amines) is 2. The minimum atomic E-state index is -0.599. The second-order valence-corrected chi connectivity index (χ2v) is 5.48. The Morgan fingerprint density at radius 1 is 1.19 bits per heavy atom. The summed E-state index contributed by atoms with van der Waals surface area (Å²) in [6, 6.07) is 0.698. The van der Waals surface area contributed by atoms with Crippen LogP contribution in [0.25, 0.3) is 0 Å². The summed E-state index contributed by atoms with van der Waals surface area (Å²) in [6.07, 6.45) is 5.70. The maximum atomic E-state index is 11.6. The van der Waals surface area contributed by atoms with Crippen molar-refractivity contribution in [1.29, 1.82) is 0 Å². The highest BCUT2D eigenvalue weighted by molar-refractivity contribution is 5.79. The summed E-state index contributed by atoms with van der Waals surface area (Å²) in [5.74, 6) is -0.599. The van der Waals surface area contributed by atoms with Crippen molar-refractivity contribution in [2.45, 2.75) is 43.7 Å². The molecule has 0 aromatic heterocycles. The van der Waals surface area contributed by atoms with Gasteiger partial charge in [-0.15, -0.1) is 0 Å². The minimum Gasteiger partial charge on any atom is -0.480 e.